The number of carbonyl (C=O) groups is 2. The largest absolute Gasteiger partial charge is 0.454 e. The van der Waals surface area contributed by atoms with E-state index in [1.807, 2.05) is 61.5 Å². The minimum Gasteiger partial charge on any atom is -0.454 e. The molecule has 1 aliphatic carbocycles. The molecule has 6 rings (SSSR count). The lowest BCUT2D eigenvalue weighted by atomic mass is 10.1. The summed E-state index contributed by atoms with van der Waals surface area (Å²) >= 11 is 0. The lowest BCUT2D eigenvalue weighted by molar-refractivity contribution is 0.0990. The second kappa shape index (κ2) is 7.81. The van der Waals surface area contributed by atoms with Gasteiger partial charge in [-0.1, -0.05) is 66.2 Å². The first-order valence-corrected chi connectivity index (χ1v) is 11.6. The maximum atomic E-state index is 13.2. The standard InChI is InChI=1S/C31H23NO3/c1-18-12-13-23-24(14-18)31(34)25(30(23)33)15-22-16-28-26(17-27(35-28)21-10-5-4-6-11-21)32(22)29-19(2)8-7-9-20(29)3/h4-17H,1-3H3/b25-15-. The van der Waals surface area contributed by atoms with E-state index in [1.54, 1.807) is 18.2 Å². The number of hydrogen-bond donors (Lipinski definition) is 0. The van der Waals surface area contributed by atoms with E-state index >= 15 is 0 Å². The van der Waals surface area contributed by atoms with E-state index in [1.165, 1.54) is 0 Å². The third-order valence-corrected chi connectivity index (χ3v) is 6.69. The zero-order chi connectivity index (χ0) is 24.3. The zero-order valence-electron chi connectivity index (χ0n) is 19.8. The average molecular weight is 458 g/mol. The fraction of sp³-hybridized carbons (Fsp3) is 0.0968. The van der Waals surface area contributed by atoms with Crippen LogP contribution in [0.15, 0.2) is 88.9 Å². The van der Waals surface area contributed by atoms with Crippen molar-refractivity contribution in [3.05, 3.63) is 118 Å². The topological polar surface area (TPSA) is 52.2 Å². The number of carbonyl (C=O) groups excluding carboxylic acids is 2. The van der Waals surface area contributed by atoms with Crippen LogP contribution in [0.2, 0.25) is 0 Å². The smallest absolute Gasteiger partial charge is 0.197 e. The Labute approximate surface area is 203 Å². The van der Waals surface area contributed by atoms with E-state index in [0.717, 1.165) is 44.9 Å². The number of benzene rings is 3. The number of ketones is 2. The van der Waals surface area contributed by atoms with Crippen LogP contribution in [0.5, 0.6) is 0 Å². The zero-order valence-corrected chi connectivity index (χ0v) is 19.8. The molecular formula is C31H23NO3. The van der Waals surface area contributed by atoms with Crippen LogP contribution in [0.3, 0.4) is 0 Å². The van der Waals surface area contributed by atoms with E-state index in [4.69, 9.17) is 4.42 Å². The van der Waals surface area contributed by atoms with Gasteiger partial charge in [0.05, 0.1) is 22.5 Å². The molecule has 0 N–H and O–H groups in total. The molecule has 0 aliphatic heterocycles. The van der Waals surface area contributed by atoms with Gasteiger partial charge in [0, 0.05) is 28.8 Å². The molecule has 3 aromatic carbocycles. The van der Waals surface area contributed by atoms with Crippen molar-refractivity contribution >= 4 is 28.7 Å². The molecule has 0 saturated heterocycles. The Hall–Kier alpha value is -4.44. The molecule has 2 heterocycles. The Bertz CT molecular complexity index is 1680. The van der Waals surface area contributed by atoms with Gasteiger partial charge in [-0.15, -0.1) is 0 Å². The molecule has 5 aromatic rings. The van der Waals surface area contributed by atoms with E-state index in [9.17, 15) is 9.59 Å². The van der Waals surface area contributed by atoms with Gasteiger partial charge in [-0.05, 0) is 44.0 Å². The predicted octanol–water partition coefficient (Wildman–Crippen LogP) is 7.28. The fourth-order valence-corrected chi connectivity index (χ4v) is 4.99. The van der Waals surface area contributed by atoms with Crippen molar-refractivity contribution in [2.75, 3.05) is 0 Å². The third-order valence-electron chi connectivity index (χ3n) is 6.69. The van der Waals surface area contributed by atoms with Gasteiger partial charge in [0.25, 0.3) is 0 Å². The second-order valence-electron chi connectivity index (χ2n) is 9.14. The van der Waals surface area contributed by atoms with Gasteiger partial charge < -0.3 is 8.98 Å². The number of para-hydroxylation sites is 1. The summed E-state index contributed by atoms with van der Waals surface area (Å²) in [5.74, 6) is 0.302. The number of rotatable bonds is 3. The Morgan fingerprint density at radius 2 is 1.46 bits per heavy atom. The number of hydrogen-bond acceptors (Lipinski definition) is 3. The molecule has 4 heteroatoms. The van der Waals surface area contributed by atoms with E-state index in [2.05, 4.69) is 30.5 Å². The van der Waals surface area contributed by atoms with Crippen LogP contribution in [-0.4, -0.2) is 16.1 Å². The fourth-order valence-electron chi connectivity index (χ4n) is 4.99. The summed E-state index contributed by atoms with van der Waals surface area (Å²) in [7, 11) is 0. The number of allylic oxidation sites excluding steroid dienone is 1. The highest BCUT2D eigenvalue weighted by Crippen LogP contribution is 2.36. The van der Waals surface area contributed by atoms with Crippen LogP contribution < -0.4 is 0 Å². The van der Waals surface area contributed by atoms with E-state index in [0.29, 0.717) is 16.7 Å². The molecular weight excluding hydrogens is 434 g/mol. The van der Waals surface area contributed by atoms with Crippen molar-refractivity contribution in [3.8, 4) is 17.0 Å². The number of nitrogens with zero attached hydrogens (tertiary/aromatic N) is 1. The Balaban J connectivity index is 1.59. The summed E-state index contributed by atoms with van der Waals surface area (Å²) in [5, 5.41) is 0. The molecule has 0 bridgehead atoms. The van der Waals surface area contributed by atoms with Gasteiger partial charge >= 0.3 is 0 Å². The molecule has 4 nitrogen and oxygen atoms in total. The summed E-state index contributed by atoms with van der Waals surface area (Å²) in [6.07, 6.45) is 1.71. The molecule has 0 saturated carbocycles. The number of aromatic nitrogens is 1. The molecule has 170 valence electrons. The molecule has 2 aromatic heterocycles. The highest BCUT2D eigenvalue weighted by Gasteiger charge is 2.33. The van der Waals surface area contributed by atoms with Crippen LogP contribution in [0.1, 0.15) is 43.1 Å². The first kappa shape index (κ1) is 21.1. The average Bonchev–Trinajstić information content (AvgIpc) is 3.47. The van der Waals surface area contributed by atoms with Gasteiger partial charge in [-0.25, -0.2) is 0 Å². The van der Waals surface area contributed by atoms with Crippen molar-refractivity contribution < 1.29 is 14.0 Å². The highest BCUT2D eigenvalue weighted by atomic mass is 16.3. The first-order valence-electron chi connectivity index (χ1n) is 11.6. The van der Waals surface area contributed by atoms with Gasteiger partial charge in [-0.2, -0.15) is 0 Å². The number of Topliss-reactive ketones (excluding diaryl/α,β-unsaturated/α-hetero) is 2. The predicted molar refractivity (Wildman–Crippen MR) is 138 cm³/mol. The number of furan rings is 1. The molecule has 1 aliphatic rings. The van der Waals surface area contributed by atoms with Crippen LogP contribution >= 0.6 is 0 Å². The second-order valence-corrected chi connectivity index (χ2v) is 9.14. The summed E-state index contributed by atoms with van der Waals surface area (Å²) in [4.78, 5) is 26.4. The molecule has 0 atom stereocenters. The third kappa shape index (κ3) is 3.29. The SMILES string of the molecule is Cc1ccc2c(c1)C(=O)/C(=C\c1cc3oc(-c4ccccc4)cc3n1-c1c(C)cccc1C)C2=O. The van der Waals surface area contributed by atoms with Crippen LogP contribution in [0, 0.1) is 20.8 Å². The molecule has 0 unspecified atom stereocenters. The van der Waals surface area contributed by atoms with Gasteiger partial charge in [0.15, 0.2) is 17.1 Å². The van der Waals surface area contributed by atoms with Crippen molar-refractivity contribution in [3.63, 3.8) is 0 Å². The number of fused-ring (bicyclic) bond motifs is 2. The van der Waals surface area contributed by atoms with E-state index < -0.39 is 0 Å². The lowest BCUT2D eigenvalue weighted by Gasteiger charge is -2.14. The number of aryl methyl sites for hydroxylation is 3. The Kier molecular flexibility index (Phi) is 4.71. The first-order chi connectivity index (χ1) is 16.9. The Morgan fingerprint density at radius 1 is 0.743 bits per heavy atom. The highest BCUT2D eigenvalue weighted by molar-refractivity contribution is 6.41. The van der Waals surface area contributed by atoms with Gasteiger partial charge in [0.2, 0.25) is 0 Å². The monoisotopic (exact) mass is 457 g/mol. The molecule has 35 heavy (non-hydrogen) atoms. The minimum atomic E-state index is -0.235. The maximum Gasteiger partial charge on any atom is 0.197 e. The summed E-state index contributed by atoms with van der Waals surface area (Å²) < 4.78 is 8.35. The van der Waals surface area contributed by atoms with Gasteiger partial charge in [-0.3, -0.25) is 9.59 Å². The van der Waals surface area contributed by atoms with Crippen LogP contribution in [0.4, 0.5) is 0 Å². The van der Waals surface area contributed by atoms with Crippen LogP contribution in [-0.2, 0) is 0 Å². The van der Waals surface area contributed by atoms with E-state index in [-0.39, 0.29) is 17.1 Å². The molecule has 0 spiro atoms. The molecule has 0 amide bonds. The van der Waals surface area contributed by atoms with Crippen molar-refractivity contribution in [1.29, 1.82) is 0 Å². The maximum absolute atomic E-state index is 13.2. The van der Waals surface area contributed by atoms with Crippen molar-refractivity contribution in [2.24, 2.45) is 0 Å². The molecule has 0 fully saturated rings. The van der Waals surface area contributed by atoms with Crippen molar-refractivity contribution in [1.82, 2.24) is 4.57 Å². The van der Waals surface area contributed by atoms with Crippen LogP contribution in [0.25, 0.3) is 34.2 Å². The quantitative estimate of drug-likeness (QED) is 0.211. The minimum absolute atomic E-state index is 0.182. The lowest BCUT2D eigenvalue weighted by Crippen LogP contribution is -2.05. The Morgan fingerprint density at radius 3 is 2.20 bits per heavy atom. The normalized spacial score (nSPS) is 14.3. The van der Waals surface area contributed by atoms with Gasteiger partial charge in [0.1, 0.15) is 5.76 Å². The summed E-state index contributed by atoms with van der Waals surface area (Å²) in [6.45, 7) is 6.05. The molecule has 0 radical (unpaired) electrons. The summed E-state index contributed by atoms with van der Waals surface area (Å²) in [6, 6.07) is 25.5. The summed E-state index contributed by atoms with van der Waals surface area (Å²) in [5.41, 5.74) is 8.58. The van der Waals surface area contributed by atoms with Crippen molar-refractivity contribution in [2.45, 2.75) is 20.8 Å².